The first-order valence-electron chi connectivity index (χ1n) is 9.42. The summed E-state index contributed by atoms with van der Waals surface area (Å²) < 4.78 is 5.20. The molecule has 0 spiro atoms. The molecule has 5 heteroatoms. The minimum atomic E-state index is -0.219. The number of anilines is 3. The van der Waals surface area contributed by atoms with E-state index in [1.54, 1.807) is 25.6 Å². The lowest BCUT2D eigenvalue weighted by molar-refractivity contribution is 0.102. The SMILES string of the molecule is CCc1cccc(CC)c1Nc1cncc(C(=O)Nc2cccc(OC)c2)c1. The van der Waals surface area contributed by atoms with Gasteiger partial charge in [-0.15, -0.1) is 0 Å². The van der Waals surface area contributed by atoms with E-state index in [1.807, 2.05) is 24.3 Å². The molecule has 0 aliphatic carbocycles. The standard InChI is InChI=1S/C23H25N3O2/c1-4-16-8-6-9-17(5-2)22(16)25-20-12-18(14-24-15-20)23(27)26-19-10-7-11-21(13-19)28-3/h6-15,25H,4-5H2,1-3H3,(H,26,27). The van der Waals surface area contributed by atoms with Gasteiger partial charge in [-0.1, -0.05) is 38.1 Å². The fourth-order valence-electron chi connectivity index (χ4n) is 3.08. The van der Waals surface area contributed by atoms with Crippen LogP contribution in [0.15, 0.2) is 60.9 Å². The average Bonchev–Trinajstić information content (AvgIpc) is 2.74. The van der Waals surface area contributed by atoms with Crippen molar-refractivity contribution in [3.63, 3.8) is 0 Å². The van der Waals surface area contributed by atoms with Gasteiger partial charge in [0, 0.05) is 23.6 Å². The highest BCUT2D eigenvalue weighted by Crippen LogP contribution is 2.27. The number of amides is 1. The topological polar surface area (TPSA) is 63.2 Å². The minimum Gasteiger partial charge on any atom is -0.497 e. The summed E-state index contributed by atoms with van der Waals surface area (Å²) in [7, 11) is 1.60. The van der Waals surface area contributed by atoms with Crippen molar-refractivity contribution in [2.75, 3.05) is 17.7 Å². The Kier molecular flexibility index (Phi) is 6.27. The van der Waals surface area contributed by atoms with Crippen molar-refractivity contribution >= 4 is 23.0 Å². The first kappa shape index (κ1) is 19.4. The summed E-state index contributed by atoms with van der Waals surface area (Å²) >= 11 is 0. The number of ether oxygens (including phenoxy) is 1. The largest absolute Gasteiger partial charge is 0.497 e. The van der Waals surface area contributed by atoms with E-state index in [-0.39, 0.29) is 5.91 Å². The Hall–Kier alpha value is -3.34. The summed E-state index contributed by atoms with van der Waals surface area (Å²) in [5.41, 5.74) is 5.52. The number of aromatic nitrogens is 1. The first-order chi connectivity index (χ1) is 13.6. The summed E-state index contributed by atoms with van der Waals surface area (Å²) in [6.45, 7) is 4.27. The number of hydrogen-bond acceptors (Lipinski definition) is 4. The van der Waals surface area contributed by atoms with Gasteiger partial charge < -0.3 is 15.4 Å². The molecule has 5 nitrogen and oxygen atoms in total. The molecule has 0 saturated carbocycles. The fraction of sp³-hybridized carbons (Fsp3) is 0.217. The zero-order chi connectivity index (χ0) is 19.9. The predicted molar refractivity (Wildman–Crippen MR) is 114 cm³/mol. The van der Waals surface area contributed by atoms with Crippen molar-refractivity contribution in [2.24, 2.45) is 0 Å². The van der Waals surface area contributed by atoms with E-state index >= 15 is 0 Å². The number of nitrogens with zero attached hydrogens (tertiary/aromatic N) is 1. The van der Waals surface area contributed by atoms with Crippen LogP contribution in [0.3, 0.4) is 0 Å². The maximum absolute atomic E-state index is 12.6. The van der Waals surface area contributed by atoms with Gasteiger partial charge in [-0.25, -0.2) is 0 Å². The van der Waals surface area contributed by atoms with E-state index in [9.17, 15) is 4.79 Å². The summed E-state index contributed by atoms with van der Waals surface area (Å²) in [6.07, 6.45) is 5.15. The lowest BCUT2D eigenvalue weighted by atomic mass is 10.0. The Balaban J connectivity index is 1.82. The minimum absolute atomic E-state index is 0.219. The second-order valence-corrected chi connectivity index (χ2v) is 6.43. The van der Waals surface area contributed by atoms with Crippen LogP contribution in [-0.4, -0.2) is 18.0 Å². The van der Waals surface area contributed by atoms with Crippen molar-refractivity contribution in [1.29, 1.82) is 0 Å². The quantitative estimate of drug-likeness (QED) is 0.595. The Bertz CT molecular complexity index is 947. The summed E-state index contributed by atoms with van der Waals surface area (Å²) in [5, 5.41) is 6.34. The number of nitrogens with one attached hydrogen (secondary N) is 2. The number of methoxy groups -OCH3 is 1. The number of benzene rings is 2. The van der Waals surface area contributed by atoms with Gasteiger partial charge in [-0.3, -0.25) is 9.78 Å². The van der Waals surface area contributed by atoms with Crippen LogP contribution in [0.25, 0.3) is 0 Å². The van der Waals surface area contributed by atoms with Crippen LogP contribution in [-0.2, 0) is 12.8 Å². The molecule has 3 aromatic rings. The van der Waals surface area contributed by atoms with E-state index in [0.717, 1.165) is 24.2 Å². The highest BCUT2D eigenvalue weighted by Gasteiger charge is 2.11. The predicted octanol–water partition coefficient (Wildman–Crippen LogP) is 5.21. The van der Waals surface area contributed by atoms with E-state index in [1.165, 1.54) is 11.1 Å². The lowest BCUT2D eigenvalue weighted by Crippen LogP contribution is -2.12. The molecule has 0 unspecified atom stereocenters. The molecular formula is C23H25N3O2. The monoisotopic (exact) mass is 375 g/mol. The number of hydrogen-bond donors (Lipinski definition) is 2. The third-order valence-corrected chi connectivity index (χ3v) is 4.60. The Morgan fingerprint density at radius 3 is 2.36 bits per heavy atom. The molecule has 1 aromatic heterocycles. The highest BCUT2D eigenvalue weighted by atomic mass is 16.5. The number of rotatable bonds is 7. The molecule has 0 aliphatic rings. The molecule has 0 saturated heterocycles. The van der Waals surface area contributed by atoms with Crippen molar-refractivity contribution < 1.29 is 9.53 Å². The van der Waals surface area contributed by atoms with Gasteiger partial charge in [0.1, 0.15) is 5.75 Å². The van der Waals surface area contributed by atoms with E-state index in [2.05, 4.69) is 47.7 Å². The molecule has 0 radical (unpaired) electrons. The third kappa shape index (κ3) is 4.49. The summed E-state index contributed by atoms with van der Waals surface area (Å²) in [4.78, 5) is 16.9. The number of aryl methyl sites for hydroxylation is 2. The van der Waals surface area contributed by atoms with E-state index in [0.29, 0.717) is 17.0 Å². The van der Waals surface area contributed by atoms with Crippen LogP contribution in [0.1, 0.15) is 35.3 Å². The van der Waals surface area contributed by atoms with Crippen LogP contribution in [0.5, 0.6) is 5.75 Å². The van der Waals surface area contributed by atoms with Crippen molar-refractivity contribution in [2.45, 2.75) is 26.7 Å². The fourth-order valence-corrected chi connectivity index (χ4v) is 3.08. The molecule has 0 atom stereocenters. The van der Waals surface area contributed by atoms with Gasteiger partial charge >= 0.3 is 0 Å². The van der Waals surface area contributed by atoms with Crippen molar-refractivity contribution in [3.05, 3.63) is 77.6 Å². The molecular weight excluding hydrogens is 350 g/mol. The second-order valence-electron chi connectivity index (χ2n) is 6.43. The van der Waals surface area contributed by atoms with Crippen LogP contribution in [0.4, 0.5) is 17.1 Å². The van der Waals surface area contributed by atoms with Gasteiger partial charge in [0.25, 0.3) is 5.91 Å². The zero-order valence-electron chi connectivity index (χ0n) is 16.5. The smallest absolute Gasteiger partial charge is 0.257 e. The average molecular weight is 375 g/mol. The maximum Gasteiger partial charge on any atom is 0.257 e. The molecule has 0 bridgehead atoms. The third-order valence-electron chi connectivity index (χ3n) is 4.60. The Morgan fingerprint density at radius 1 is 0.964 bits per heavy atom. The summed E-state index contributed by atoms with van der Waals surface area (Å²) in [5.74, 6) is 0.471. The normalized spacial score (nSPS) is 10.4. The van der Waals surface area contributed by atoms with Gasteiger partial charge in [-0.05, 0) is 42.2 Å². The number of carbonyl (C=O) groups is 1. The zero-order valence-corrected chi connectivity index (χ0v) is 16.5. The van der Waals surface area contributed by atoms with Crippen molar-refractivity contribution in [1.82, 2.24) is 4.98 Å². The van der Waals surface area contributed by atoms with Crippen LogP contribution in [0, 0.1) is 0 Å². The molecule has 2 aromatic carbocycles. The Morgan fingerprint density at radius 2 is 1.68 bits per heavy atom. The highest BCUT2D eigenvalue weighted by molar-refractivity contribution is 6.04. The van der Waals surface area contributed by atoms with Crippen LogP contribution < -0.4 is 15.4 Å². The molecule has 0 fully saturated rings. The van der Waals surface area contributed by atoms with Crippen molar-refractivity contribution in [3.8, 4) is 5.75 Å². The summed E-state index contributed by atoms with van der Waals surface area (Å²) in [6, 6.07) is 15.4. The number of carbonyl (C=O) groups excluding carboxylic acids is 1. The maximum atomic E-state index is 12.6. The molecule has 28 heavy (non-hydrogen) atoms. The molecule has 1 amide bonds. The van der Waals surface area contributed by atoms with Gasteiger partial charge in [0.15, 0.2) is 0 Å². The van der Waals surface area contributed by atoms with Gasteiger partial charge in [0.05, 0.1) is 24.6 Å². The van der Waals surface area contributed by atoms with E-state index < -0.39 is 0 Å². The molecule has 0 aliphatic heterocycles. The molecule has 1 heterocycles. The number of para-hydroxylation sites is 1. The van der Waals surface area contributed by atoms with E-state index in [4.69, 9.17) is 4.74 Å². The Labute approximate surface area is 165 Å². The second kappa shape index (κ2) is 9.04. The molecule has 3 rings (SSSR count). The first-order valence-corrected chi connectivity index (χ1v) is 9.42. The number of pyridine rings is 1. The molecule has 2 N–H and O–H groups in total. The lowest BCUT2D eigenvalue weighted by Gasteiger charge is -2.16. The molecule has 144 valence electrons. The van der Waals surface area contributed by atoms with Gasteiger partial charge in [0.2, 0.25) is 0 Å². The van der Waals surface area contributed by atoms with Gasteiger partial charge in [-0.2, -0.15) is 0 Å². The van der Waals surface area contributed by atoms with Crippen LogP contribution in [0.2, 0.25) is 0 Å². The van der Waals surface area contributed by atoms with Crippen LogP contribution >= 0.6 is 0 Å².